The molecule has 1 aliphatic heterocycles. The Labute approximate surface area is 185 Å². The Balaban J connectivity index is 1.52. The van der Waals surface area contributed by atoms with Crippen molar-refractivity contribution in [2.75, 3.05) is 13.1 Å². The fourth-order valence-electron chi connectivity index (χ4n) is 3.50. The number of piperidine rings is 1. The number of nitrogens with zero attached hydrogens (tertiary/aromatic N) is 3. The number of benzene rings is 1. The average molecular weight is 528 g/mol. The van der Waals surface area contributed by atoms with Gasteiger partial charge in [0.25, 0.3) is 0 Å². The summed E-state index contributed by atoms with van der Waals surface area (Å²) in [6.07, 6.45) is 3.61. The zero-order valence-corrected chi connectivity index (χ0v) is 19.0. The van der Waals surface area contributed by atoms with Crippen LogP contribution in [0.1, 0.15) is 19.8 Å². The summed E-state index contributed by atoms with van der Waals surface area (Å²) in [4.78, 5) is 17.8. The van der Waals surface area contributed by atoms with Crippen molar-refractivity contribution in [3.05, 3.63) is 47.6 Å². The van der Waals surface area contributed by atoms with Crippen LogP contribution in [0.3, 0.4) is 0 Å². The second kappa shape index (κ2) is 8.51. The molecule has 3 heterocycles. The Hall–Kier alpha value is -1.45. The molecule has 0 saturated carbocycles. The van der Waals surface area contributed by atoms with Gasteiger partial charge in [0.15, 0.2) is 5.65 Å². The maximum atomic E-state index is 11.4. The van der Waals surface area contributed by atoms with Crippen LogP contribution >= 0.6 is 41.9 Å². The maximum Gasteiger partial charge on any atom is 0.219 e. The molecule has 5 nitrogen and oxygen atoms in total. The van der Waals surface area contributed by atoms with Crippen LogP contribution in [0.5, 0.6) is 5.75 Å². The van der Waals surface area contributed by atoms with E-state index in [1.807, 2.05) is 23.1 Å². The summed E-state index contributed by atoms with van der Waals surface area (Å²) in [7, 11) is 1.57. The zero-order valence-electron chi connectivity index (χ0n) is 15.3. The molecule has 0 N–H and O–H groups in total. The van der Waals surface area contributed by atoms with E-state index in [2.05, 4.69) is 48.4 Å². The summed E-state index contributed by atoms with van der Waals surface area (Å²) >= 11 is 8.60. The van der Waals surface area contributed by atoms with Gasteiger partial charge in [0.1, 0.15) is 11.9 Å². The van der Waals surface area contributed by atoms with E-state index >= 15 is 0 Å². The monoisotopic (exact) mass is 527 g/mol. The van der Waals surface area contributed by atoms with Crippen molar-refractivity contribution in [2.45, 2.75) is 25.9 Å². The number of pyridine rings is 1. The summed E-state index contributed by atoms with van der Waals surface area (Å²) in [5.41, 5.74) is 2.99. The van der Waals surface area contributed by atoms with Gasteiger partial charge in [0, 0.05) is 74.8 Å². The molecule has 0 unspecified atom stereocenters. The van der Waals surface area contributed by atoms with Gasteiger partial charge in [-0.15, -0.1) is 0 Å². The Morgan fingerprint density at radius 1 is 1.25 bits per heavy atom. The molecule has 0 aliphatic carbocycles. The van der Waals surface area contributed by atoms with Crippen molar-refractivity contribution in [3.63, 3.8) is 0 Å². The van der Waals surface area contributed by atoms with Gasteiger partial charge >= 0.3 is 0 Å². The molecule has 28 heavy (non-hydrogen) atoms. The van der Waals surface area contributed by atoms with Crippen molar-refractivity contribution in [2.24, 2.45) is 0 Å². The van der Waals surface area contributed by atoms with E-state index < -0.39 is 0 Å². The molecule has 0 bridgehead atoms. The quantitative estimate of drug-likeness (QED) is 0.415. The first-order chi connectivity index (χ1) is 13.6. The predicted octanol–water partition coefficient (Wildman–Crippen LogP) is 5.59. The van der Waals surface area contributed by atoms with E-state index in [9.17, 15) is 4.79 Å². The minimum Gasteiger partial charge on any atom is -0.490 e. The molecule has 8 heteroatoms. The van der Waals surface area contributed by atoms with E-state index in [4.69, 9.17) is 16.3 Å². The first-order valence-electron chi connectivity index (χ1n) is 9.04. The third-order valence-corrected chi connectivity index (χ3v) is 7.04. The lowest BCUT2D eigenvalue weighted by Gasteiger charge is -2.31. The Morgan fingerprint density at radius 3 is 2.61 bits per heavy atom. The van der Waals surface area contributed by atoms with E-state index in [0.717, 1.165) is 54.0 Å². The second-order valence-corrected chi connectivity index (χ2v) is 8.86. The molecule has 0 radical (unpaired) electrons. The molecular weight excluding hydrogens is 509 g/mol. The fourth-order valence-corrected chi connectivity index (χ4v) is 5.33. The molecule has 146 valence electrons. The second-order valence-electron chi connectivity index (χ2n) is 6.77. The topological polar surface area (TPSA) is 47.4 Å². The molecule has 4 rings (SSSR count). The van der Waals surface area contributed by atoms with Crippen LogP contribution in [0.4, 0.5) is 0 Å². The number of amides is 1. The standard InChI is InChI=1S/C20H19ClIN3O2S/c1-13(26)24-10-7-16(8-11-24)27-15-4-2-14(3-5-15)19-12-17-18(21)6-9-23-20(17)25(19)28-22/h2-6,9,12,16H,7-8,10-11H2,1H3. The number of aromatic nitrogens is 2. The predicted molar refractivity (Wildman–Crippen MR) is 123 cm³/mol. The van der Waals surface area contributed by atoms with Crippen LogP contribution in [-0.4, -0.2) is 39.0 Å². The smallest absolute Gasteiger partial charge is 0.219 e. The van der Waals surface area contributed by atoms with Gasteiger partial charge in [0.05, 0.1) is 10.7 Å². The highest BCUT2D eigenvalue weighted by Crippen LogP contribution is 2.36. The molecule has 1 aromatic carbocycles. The number of ether oxygens (including phenoxy) is 1. The van der Waals surface area contributed by atoms with Crippen LogP contribution < -0.4 is 4.74 Å². The molecule has 1 amide bonds. The summed E-state index contributed by atoms with van der Waals surface area (Å²) < 4.78 is 8.20. The SMILES string of the molecule is CC(=O)N1CCC(Oc2ccc(-c3cc4c(Cl)ccnc4n3SI)cc2)CC1. The minimum atomic E-state index is 0.140. The summed E-state index contributed by atoms with van der Waals surface area (Å²) in [6.45, 7) is 3.15. The highest BCUT2D eigenvalue weighted by atomic mass is 127. The van der Waals surface area contributed by atoms with Crippen LogP contribution in [0, 0.1) is 0 Å². The molecule has 0 atom stereocenters. The lowest BCUT2D eigenvalue weighted by molar-refractivity contribution is -0.130. The first kappa shape index (κ1) is 19.8. The maximum absolute atomic E-state index is 11.4. The van der Waals surface area contributed by atoms with Gasteiger partial charge in [-0.05, 0) is 42.0 Å². The van der Waals surface area contributed by atoms with E-state index in [1.54, 1.807) is 22.2 Å². The Kier molecular flexibility index (Phi) is 6.03. The van der Waals surface area contributed by atoms with Crippen LogP contribution in [-0.2, 0) is 4.79 Å². The highest BCUT2D eigenvalue weighted by molar-refractivity contribution is 14.2. The third-order valence-electron chi connectivity index (χ3n) is 5.02. The van der Waals surface area contributed by atoms with Crippen LogP contribution in [0.15, 0.2) is 42.6 Å². The van der Waals surface area contributed by atoms with Crippen LogP contribution in [0.2, 0.25) is 5.02 Å². The van der Waals surface area contributed by atoms with Gasteiger partial charge in [-0.3, -0.25) is 8.77 Å². The number of rotatable bonds is 4. The normalized spacial score (nSPS) is 15.2. The lowest BCUT2D eigenvalue weighted by Crippen LogP contribution is -2.40. The minimum absolute atomic E-state index is 0.140. The molecule has 2 aromatic heterocycles. The molecule has 1 saturated heterocycles. The highest BCUT2D eigenvalue weighted by Gasteiger charge is 2.22. The Morgan fingerprint density at radius 2 is 1.96 bits per heavy atom. The molecule has 1 fully saturated rings. The molecular formula is C20H19ClIN3O2S. The summed E-state index contributed by atoms with van der Waals surface area (Å²) in [5, 5.41) is 1.65. The van der Waals surface area contributed by atoms with Crippen molar-refractivity contribution >= 4 is 58.9 Å². The van der Waals surface area contributed by atoms with Crippen LogP contribution in [0.25, 0.3) is 22.3 Å². The van der Waals surface area contributed by atoms with Crippen molar-refractivity contribution in [1.82, 2.24) is 13.9 Å². The largest absolute Gasteiger partial charge is 0.490 e. The van der Waals surface area contributed by atoms with Crippen molar-refractivity contribution < 1.29 is 9.53 Å². The number of hydrogen-bond donors (Lipinski definition) is 0. The number of likely N-dealkylation sites (tertiary alicyclic amines) is 1. The van der Waals surface area contributed by atoms with Gasteiger partial charge < -0.3 is 9.64 Å². The van der Waals surface area contributed by atoms with Gasteiger partial charge in [-0.1, -0.05) is 11.6 Å². The number of fused-ring (bicyclic) bond motifs is 1. The van der Waals surface area contributed by atoms with Gasteiger partial charge in [-0.2, -0.15) is 0 Å². The van der Waals surface area contributed by atoms with Gasteiger partial charge in [-0.25, -0.2) is 4.98 Å². The number of halogens is 2. The average Bonchev–Trinajstić information content (AvgIpc) is 3.09. The summed E-state index contributed by atoms with van der Waals surface area (Å²) in [5.74, 6) is 0.992. The third kappa shape index (κ3) is 3.97. The molecule has 3 aromatic rings. The number of carbonyl (C=O) groups is 1. The molecule has 1 aliphatic rings. The van der Waals surface area contributed by atoms with E-state index in [0.29, 0.717) is 5.02 Å². The summed E-state index contributed by atoms with van der Waals surface area (Å²) in [6, 6.07) is 12.0. The number of hydrogen-bond acceptors (Lipinski definition) is 4. The zero-order chi connectivity index (χ0) is 19.7. The fraction of sp³-hybridized carbons (Fsp3) is 0.300. The van der Waals surface area contributed by atoms with E-state index in [1.165, 1.54) is 0 Å². The van der Waals surface area contributed by atoms with Crippen molar-refractivity contribution in [3.8, 4) is 17.0 Å². The molecule has 0 spiro atoms. The van der Waals surface area contributed by atoms with Gasteiger partial charge in [0.2, 0.25) is 5.91 Å². The Bertz CT molecular complexity index is 1000. The lowest BCUT2D eigenvalue weighted by atomic mass is 10.1. The van der Waals surface area contributed by atoms with E-state index in [-0.39, 0.29) is 12.0 Å². The first-order valence-corrected chi connectivity index (χ1v) is 12.7. The number of carbonyl (C=O) groups excluding carboxylic acids is 1. The van der Waals surface area contributed by atoms with Crippen molar-refractivity contribution in [1.29, 1.82) is 0 Å².